The van der Waals surface area contributed by atoms with E-state index >= 15 is 0 Å². The lowest BCUT2D eigenvalue weighted by Gasteiger charge is -2.32. The summed E-state index contributed by atoms with van der Waals surface area (Å²) < 4.78 is 1.17. The fraction of sp³-hybridized carbons (Fsp3) is 0.600. The Morgan fingerprint density at radius 1 is 1.17 bits per heavy atom. The fourth-order valence-corrected chi connectivity index (χ4v) is 2.93. The van der Waals surface area contributed by atoms with E-state index in [1.54, 1.807) is 0 Å². The summed E-state index contributed by atoms with van der Waals surface area (Å²) in [5.41, 5.74) is 3.06. The molecule has 2 N–H and O–H groups in total. The van der Waals surface area contributed by atoms with E-state index in [0.29, 0.717) is 6.54 Å². The summed E-state index contributed by atoms with van der Waals surface area (Å²) in [5.74, 6) is 0. The summed E-state index contributed by atoms with van der Waals surface area (Å²) in [7, 11) is 0. The first-order chi connectivity index (χ1) is 8.50. The molecule has 1 aromatic rings. The van der Waals surface area contributed by atoms with Crippen molar-refractivity contribution in [2.24, 2.45) is 0 Å². The average Bonchev–Trinajstić information content (AvgIpc) is 2.34. The van der Waals surface area contributed by atoms with Crippen molar-refractivity contribution in [3.05, 3.63) is 27.7 Å². The minimum Gasteiger partial charge on any atom is -0.388 e. The van der Waals surface area contributed by atoms with Crippen molar-refractivity contribution in [2.75, 3.05) is 11.9 Å². The SMILES string of the molecule is Cc1cc(NCC2(O)CCCCC2)cc(C)c1Br. The molecule has 2 rings (SSSR count). The number of aliphatic hydroxyl groups is 1. The maximum atomic E-state index is 10.5. The van der Waals surface area contributed by atoms with E-state index < -0.39 is 5.60 Å². The van der Waals surface area contributed by atoms with E-state index in [2.05, 4.69) is 47.2 Å². The molecule has 1 saturated carbocycles. The van der Waals surface area contributed by atoms with Crippen LogP contribution < -0.4 is 5.32 Å². The van der Waals surface area contributed by atoms with Crippen molar-refractivity contribution in [2.45, 2.75) is 51.6 Å². The molecule has 0 bridgehead atoms. The van der Waals surface area contributed by atoms with Crippen LogP contribution in [-0.4, -0.2) is 17.3 Å². The Kier molecular flexibility index (Phi) is 4.33. The van der Waals surface area contributed by atoms with Gasteiger partial charge in [0.05, 0.1) is 5.60 Å². The Labute approximate surface area is 118 Å². The maximum Gasteiger partial charge on any atom is 0.0819 e. The van der Waals surface area contributed by atoms with Gasteiger partial charge in [-0.2, -0.15) is 0 Å². The molecule has 2 nitrogen and oxygen atoms in total. The monoisotopic (exact) mass is 311 g/mol. The predicted octanol–water partition coefficient (Wildman–Crippen LogP) is 4.17. The van der Waals surface area contributed by atoms with Crippen molar-refractivity contribution in [1.29, 1.82) is 0 Å². The van der Waals surface area contributed by atoms with E-state index in [1.807, 2.05) is 0 Å². The van der Waals surface area contributed by atoms with Crippen LogP contribution in [0.1, 0.15) is 43.2 Å². The van der Waals surface area contributed by atoms with Crippen LogP contribution in [0.2, 0.25) is 0 Å². The lowest BCUT2D eigenvalue weighted by atomic mass is 9.85. The van der Waals surface area contributed by atoms with Gasteiger partial charge in [-0.05, 0) is 49.9 Å². The van der Waals surface area contributed by atoms with E-state index in [0.717, 1.165) is 31.4 Å². The Morgan fingerprint density at radius 2 is 1.72 bits per heavy atom. The Bertz CT molecular complexity index is 401. The number of rotatable bonds is 3. The number of nitrogens with one attached hydrogen (secondary N) is 1. The van der Waals surface area contributed by atoms with E-state index in [1.165, 1.54) is 22.0 Å². The van der Waals surface area contributed by atoms with Crippen LogP contribution in [0.15, 0.2) is 16.6 Å². The molecule has 1 aliphatic rings. The highest BCUT2D eigenvalue weighted by molar-refractivity contribution is 9.10. The Balaban J connectivity index is 2.01. The summed E-state index contributed by atoms with van der Waals surface area (Å²) in [5, 5.41) is 13.8. The molecular weight excluding hydrogens is 290 g/mol. The third kappa shape index (κ3) is 3.27. The molecule has 0 spiro atoms. The quantitative estimate of drug-likeness (QED) is 0.878. The van der Waals surface area contributed by atoms with Crippen LogP contribution in [0.4, 0.5) is 5.69 Å². The molecule has 0 amide bonds. The third-order valence-electron chi connectivity index (χ3n) is 3.84. The molecule has 0 heterocycles. The molecule has 0 aromatic heterocycles. The van der Waals surface area contributed by atoms with Crippen LogP contribution in [-0.2, 0) is 0 Å². The van der Waals surface area contributed by atoms with Gasteiger partial charge in [-0.25, -0.2) is 0 Å². The predicted molar refractivity (Wildman–Crippen MR) is 80.1 cm³/mol. The van der Waals surface area contributed by atoms with Crippen LogP contribution in [0, 0.1) is 13.8 Å². The van der Waals surface area contributed by atoms with Crippen LogP contribution >= 0.6 is 15.9 Å². The van der Waals surface area contributed by atoms with Crippen LogP contribution in [0.3, 0.4) is 0 Å². The lowest BCUT2D eigenvalue weighted by molar-refractivity contribution is 0.0167. The average molecular weight is 312 g/mol. The molecule has 0 aliphatic heterocycles. The molecule has 0 radical (unpaired) electrons. The second-order valence-electron chi connectivity index (χ2n) is 5.56. The third-order valence-corrected chi connectivity index (χ3v) is 5.09. The van der Waals surface area contributed by atoms with E-state index in [-0.39, 0.29) is 0 Å². The van der Waals surface area contributed by atoms with E-state index in [4.69, 9.17) is 0 Å². The number of anilines is 1. The van der Waals surface area contributed by atoms with Crippen molar-refractivity contribution in [3.63, 3.8) is 0 Å². The number of halogens is 1. The van der Waals surface area contributed by atoms with Crippen LogP contribution in [0.5, 0.6) is 0 Å². The first kappa shape index (κ1) is 13.9. The van der Waals surface area contributed by atoms with Gasteiger partial charge in [-0.15, -0.1) is 0 Å². The van der Waals surface area contributed by atoms with Crippen LogP contribution in [0.25, 0.3) is 0 Å². The number of benzene rings is 1. The topological polar surface area (TPSA) is 32.3 Å². The summed E-state index contributed by atoms with van der Waals surface area (Å²) in [6.07, 6.45) is 5.41. The van der Waals surface area contributed by atoms with Gasteiger partial charge in [0, 0.05) is 16.7 Å². The van der Waals surface area contributed by atoms with Gasteiger partial charge >= 0.3 is 0 Å². The molecule has 100 valence electrons. The molecule has 0 unspecified atom stereocenters. The number of aryl methyl sites for hydroxylation is 2. The van der Waals surface area contributed by atoms with E-state index in [9.17, 15) is 5.11 Å². The second-order valence-corrected chi connectivity index (χ2v) is 6.36. The molecule has 1 aliphatic carbocycles. The molecular formula is C15H22BrNO. The summed E-state index contributed by atoms with van der Waals surface area (Å²) in [6.45, 7) is 4.85. The minimum absolute atomic E-state index is 0.507. The highest BCUT2D eigenvalue weighted by atomic mass is 79.9. The number of hydrogen-bond donors (Lipinski definition) is 2. The zero-order valence-electron chi connectivity index (χ0n) is 11.2. The van der Waals surface area contributed by atoms with Gasteiger partial charge in [0.2, 0.25) is 0 Å². The van der Waals surface area contributed by atoms with Gasteiger partial charge in [-0.3, -0.25) is 0 Å². The van der Waals surface area contributed by atoms with Gasteiger partial charge < -0.3 is 10.4 Å². The molecule has 1 fully saturated rings. The molecule has 0 atom stereocenters. The van der Waals surface area contributed by atoms with Gasteiger partial charge in [0.25, 0.3) is 0 Å². The molecule has 18 heavy (non-hydrogen) atoms. The van der Waals surface area contributed by atoms with Crippen molar-refractivity contribution < 1.29 is 5.11 Å². The first-order valence-corrected chi connectivity index (χ1v) is 7.52. The standard InChI is InChI=1S/C15H22BrNO/c1-11-8-13(9-12(2)14(11)16)17-10-15(18)6-4-3-5-7-15/h8-9,17-18H,3-7,10H2,1-2H3. The summed E-state index contributed by atoms with van der Waals surface area (Å²) >= 11 is 3.57. The van der Waals surface area contributed by atoms with Crippen molar-refractivity contribution in [1.82, 2.24) is 0 Å². The zero-order chi connectivity index (χ0) is 13.2. The second kappa shape index (κ2) is 5.62. The van der Waals surface area contributed by atoms with Gasteiger partial charge in [-0.1, -0.05) is 35.2 Å². The van der Waals surface area contributed by atoms with Gasteiger partial charge in [0.15, 0.2) is 0 Å². The zero-order valence-corrected chi connectivity index (χ0v) is 12.8. The smallest absolute Gasteiger partial charge is 0.0819 e. The highest BCUT2D eigenvalue weighted by Crippen LogP contribution is 2.29. The Morgan fingerprint density at radius 3 is 2.28 bits per heavy atom. The normalized spacial score (nSPS) is 18.7. The van der Waals surface area contributed by atoms with Gasteiger partial charge in [0.1, 0.15) is 0 Å². The number of hydrogen-bond acceptors (Lipinski definition) is 2. The maximum absolute atomic E-state index is 10.5. The molecule has 0 saturated heterocycles. The Hall–Kier alpha value is -0.540. The largest absolute Gasteiger partial charge is 0.388 e. The highest BCUT2D eigenvalue weighted by Gasteiger charge is 2.28. The van der Waals surface area contributed by atoms with Crippen molar-refractivity contribution >= 4 is 21.6 Å². The summed E-state index contributed by atoms with van der Waals surface area (Å²) in [4.78, 5) is 0. The molecule has 3 heteroatoms. The molecule has 1 aromatic carbocycles. The minimum atomic E-state index is -0.507. The first-order valence-electron chi connectivity index (χ1n) is 6.73. The fourth-order valence-electron chi connectivity index (χ4n) is 2.70. The van der Waals surface area contributed by atoms with Crippen molar-refractivity contribution in [3.8, 4) is 0 Å². The lowest BCUT2D eigenvalue weighted by Crippen LogP contribution is -2.38. The summed E-state index contributed by atoms with van der Waals surface area (Å²) in [6, 6.07) is 4.26.